The number of ether oxygens (including phenoxy) is 3. The molecular weight excluding hydrogens is 457 g/mol. The second kappa shape index (κ2) is 10.3. The molecule has 11 heteroatoms. The van der Waals surface area contributed by atoms with Crippen LogP contribution in [0.15, 0.2) is 30.6 Å². The zero-order chi connectivity index (χ0) is 25.0. The van der Waals surface area contributed by atoms with Gasteiger partial charge in [0.05, 0.1) is 29.8 Å². The average molecular weight is 486 g/mol. The molecule has 0 saturated carbocycles. The van der Waals surface area contributed by atoms with Gasteiger partial charge in [0.1, 0.15) is 17.9 Å². The van der Waals surface area contributed by atoms with Gasteiger partial charge in [0.2, 0.25) is 17.6 Å². The molecule has 1 aromatic carbocycles. The highest BCUT2D eigenvalue weighted by molar-refractivity contribution is 6.09. The second-order valence-electron chi connectivity index (χ2n) is 9.13. The Kier molecular flexibility index (Phi) is 7.25. The maximum Gasteiger partial charge on any atom is 0.407 e. The van der Waals surface area contributed by atoms with Crippen molar-refractivity contribution in [2.24, 2.45) is 0 Å². The highest BCUT2D eigenvalue weighted by atomic mass is 19.1. The third-order valence-electron chi connectivity index (χ3n) is 5.23. The molecule has 1 N–H and O–H groups in total. The van der Waals surface area contributed by atoms with Crippen LogP contribution in [-0.2, 0) is 9.47 Å². The van der Waals surface area contributed by atoms with Crippen molar-refractivity contribution in [3.05, 3.63) is 47.8 Å². The average Bonchev–Trinajstić information content (AvgIpc) is 3.17. The largest absolute Gasteiger partial charge is 0.475 e. The molecule has 2 aromatic heterocycles. The first-order chi connectivity index (χ1) is 16.7. The normalized spacial score (nSPS) is 16.2. The van der Waals surface area contributed by atoms with Crippen LogP contribution in [0.25, 0.3) is 10.9 Å². The maximum atomic E-state index is 14.6. The summed E-state index contributed by atoms with van der Waals surface area (Å²) in [5.41, 5.74) is 0.345. The first-order valence-corrected chi connectivity index (χ1v) is 11.5. The molecule has 0 spiro atoms. The summed E-state index contributed by atoms with van der Waals surface area (Å²) in [4.78, 5) is 32.7. The molecule has 1 amide bonds. The number of amides is 1. The third kappa shape index (κ3) is 6.10. The number of nitrogens with zero attached hydrogens (tertiary/aromatic N) is 4. The van der Waals surface area contributed by atoms with Crippen molar-refractivity contribution in [1.82, 2.24) is 25.1 Å². The van der Waals surface area contributed by atoms with Crippen LogP contribution in [0.1, 0.15) is 62.3 Å². The first-order valence-electron chi connectivity index (χ1n) is 11.5. The molecule has 186 valence electrons. The van der Waals surface area contributed by atoms with Crippen molar-refractivity contribution in [3.63, 3.8) is 0 Å². The summed E-state index contributed by atoms with van der Waals surface area (Å²) in [6.07, 6.45) is 4.48. The van der Waals surface area contributed by atoms with E-state index in [1.807, 2.05) is 0 Å². The smallest absolute Gasteiger partial charge is 0.407 e. The lowest BCUT2D eigenvalue weighted by atomic mass is 10.1. The van der Waals surface area contributed by atoms with Crippen molar-refractivity contribution in [3.8, 4) is 5.88 Å². The van der Waals surface area contributed by atoms with Gasteiger partial charge in [-0.2, -0.15) is 4.39 Å². The number of rotatable bonds is 7. The fourth-order valence-corrected chi connectivity index (χ4v) is 3.66. The highest BCUT2D eigenvalue weighted by Crippen LogP contribution is 2.28. The molecule has 1 saturated heterocycles. The number of carbonyl (C=O) groups excluding carboxylic acids is 2. The number of halogens is 1. The van der Waals surface area contributed by atoms with E-state index in [1.54, 1.807) is 37.6 Å². The Labute approximate surface area is 201 Å². The third-order valence-corrected chi connectivity index (χ3v) is 5.23. The number of hydrogen-bond donors (Lipinski definition) is 1. The summed E-state index contributed by atoms with van der Waals surface area (Å²) < 4.78 is 32.4. The first kappa shape index (κ1) is 24.5. The Morgan fingerprint density at radius 2 is 2.06 bits per heavy atom. The Morgan fingerprint density at radius 1 is 1.23 bits per heavy atom. The van der Waals surface area contributed by atoms with Gasteiger partial charge < -0.3 is 19.5 Å². The predicted octanol–water partition coefficient (Wildman–Crippen LogP) is 3.80. The van der Waals surface area contributed by atoms with E-state index in [2.05, 4.69) is 20.4 Å². The lowest BCUT2D eigenvalue weighted by Crippen LogP contribution is -2.34. The molecule has 10 nitrogen and oxygen atoms in total. The molecule has 3 heterocycles. The minimum Gasteiger partial charge on any atom is -0.475 e. The molecule has 0 aliphatic carbocycles. The van der Waals surface area contributed by atoms with E-state index < -0.39 is 23.4 Å². The van der Waals surface area contributed by atoms with Crippen molar-refractivity contribution in [2.45, 2.75) is 51.9 Å². The fraction of sp³-hybridized carbons (Fsp3) is 0.458. The Morgan fingerprint density at radius 3 is 2.74 bits per heavy atom. The molecule has 1 unspecified atom stereocenters. The van der Waals surface area contributed by atoms with Crippen LogP contribution in [-0.4, -0.2) is 57.0 Å². The van der Waals surface area contributed by atoms with E-state index in [1.165, 1.54) is 18.5 Å². The number of hydrogen-bond acceptors (Lipinski definition) is 8. The summed E-state index contributed by atoms with van der Waals surface area (Å²) in [6.45, 7) is 6.29. The number of alkyl carbamates (subject to hydrolysis) is 1. The summed E-state index contributed by atoms with van der Waals surface area (Å²) in [7, 11) is 0. The van der Waals surface area contributed by atoms with Crippen molar-refractivity contribution >= 4 is 22.8 Å². The van der Waals surface area contributed by atoms with Crippen molar-refractivity contribution in [1.29, 1.82) is 0 Å². The molecule has 1 aliphatic heterocycles. The van der Waals surface area contributed by atoms with Crippen LogP contribution in [0.2, 0.25) is 0 Å². The van der Waals surface area contributed by atoms with Crippen LogP contribution < -0.4 is 10.1 Å². The van der Waals surface area contributed by atoms with Crippen molar-refractivity contribution < 1.29 is 28.2 Å². The van der Waals surface area contributed by atoms with E-state index in [9.17, 15) is 14.0 Å². The fourth-order valence-electron chi connectivity index (χ4n) is 3.66. The van der Waals surface area contributed by atoms with Gasteiger partial charge in [0, 0.05) is 12.2 Å². The minimum absolute atomic E-state index is 0.0898. The van der Waals surface area contributed by atoms with Crippen LogP contribution in [0.5, 0.6) is 5.88 Å². The van der Waals surface area contributed by atoms with Gasteiger partial charge in [0.25, 0.3) is 0 Å². The van der Waals surface area contributed by atoms with Gasteiger partial charge >= 0.3 is 6.09 Å². The van der Waals surface area contributed by atoms with Gasteiger partial charge in [-0.25, -0.2) is 19.4 Å². The molecule has 1 aliphatic rings. The van der Waals surface area contributed by atoms with Gasteiger partial charge in [-0.3, -0.25) is 4.79 Å². The van der Waals surface area contributed by atoms with Gasteiger partial charge in [-0.1, -0.05) is 0 Å². The highest BCUT2D eigenvalue weighted by Gasteiger charge is 2.22. The van der Waals surface area contributed by atoms with Gasteiger partial charge in [-0.15, -0.1) is 5.10 Å². The van der Waals surface area contributed by atoms with Crippen molar-refractivity contribution in [2.75, 3.05) is 19.8 Å². The molecule has 0 bridgehead atoms. The summed E-state index contributed by atoms with van der Waals surface area (Å²) in [6, 6.07) is 4.74. The van der Waals surface area contributed by atoms with Crippen LogP contribution in [0.4, 0.5) is 9.18 Å². The zero-order valence-corrected chi connectivity index (χ0v) is 19.9. The van der Waals surface area contributed by atoms with Crippen LogP contribution >= 0.6 is 0 Å². The Bertz CT molecular complexity index is 1200. The van der Waals surface area contributed by atoms with E-state index in [4.69, 9.17) is 14.2 Å². The lowest BCUT2D eigenvalue weighted by molar-refractivity contribution is -0.0375. The number of fused-ring (bicyclic) bond motifs is 1. The van der Waals surface area contributed by atoms with Crippen LogP contribution in [0, 0.1) is 5.95 Å². The number of ketones is 1. The predicted molar refractivity (Wildman–Crippen MR) is 124 cm³/mol. The molecule has 3 aromatic rings. The second-order valence-corrected chi connectivity index (χ2v) is 9.13. The molecule has 0 radical (unpaired) electrons. The summed E-state index contributed by atoms with van der Waals surface area (Å²) in [5.74, 6) is -0.861. The Hall–Kier alpha value is -3.60. The van der Waals surface area contributed by atoms with Gasteiger partial charge in [0.15, 0.2) is 6.23 Å². The van der Waals surface area contributed by atoms with Gasteiger partial charge in [-0.05, 0) is 58.2 Å². The maximum absolute atomic E-state index is 14.6. The number of aromatic nitrogens is 4. The molecule has 4 rings (SSSR count). The zero-order valence-electron chi connectivity index (χ0n) is 19.9. The SMILES string of the molecule is CC(C)(C)OC(=O)NCCOc1cnc(C(=O)c2ccc3c(c2)c(F)nn3C2CCCCO2)cn1. The minimum atomic E-state index is -0.654. The van der Waals surface area contributed by atoms with E-state index in [-0.39, 0.29) is 41.9 Å². The van der Waals surface area contributed by atoms with E-state index in [0.717, 1.165) is 19.3 Å². The standard InChI is InChI=1S/C24H28FN5O5/c1-24(2,3)35-23(32)26-9-11-33-19-14-27-17(13-28-19)21(31)15-7-8-18-16(12-15)22(25)29-30(18)20-6-4-5-10-34-20/h7-8,12-14,20H,4-6,9-11H2,1-3H3,(H,26,32). The lowest BCUT2D eigenvalue weighted by Gasteiger charge is -2.23. The Balaban J connectivity index is 1.37. The quantitative estimate of drug-likeness (QED) is 0.397. The molecule has 1 fully saturated rings. The number of carbonyl (C=O) groups is 2. The molecule has 1 atom stereocenters. The topological polar surface area (TPSA) is 117 Å². The summed E-state index contributed by atoms with van der Waals surface area (Å²) >= 11 is 0. The number of nitrogens with one attached hydrogen (secondary N) is 1. The monoisotopic (exact) mass is 485 g/mol. The van der Waals surface area contributed by atoms with Crippen LogP contribution in [0.3, 0.4) is 0 Å². The summed E-state index contributed by atoms with van der Waals surface area (Å²) in [5, 5.41) is 6.81. The van der Waals surface area contributed by atoms with E-state index >= 15 is 0 Å². The molecular formula is C24H28FN5O5. The number of benzene rings is 1. The van der Waals surface area contributed by atoms with E-state index in [0.29, 0.717) is 12.1 Å². The molecule has 35 heavy (non-hydrogen) atoms.